The van der Waals surface area contributed by atoms with E-state index in [-0.39, 0.29) is 0 Å². The molecule has 3 aliphatic rings. The molecule has 0 amide bonds. The van der Waals surface area contributed by atoms with E-state index in [2.05, 4.69) is 17.0 Å². The van der Waals surface area contributed by atoms with Crippen molar-refractivity contribution in [3.63, 3.8) is 0 Å². The number of hydrogen-bond acceptors (Lipinski definition) is 2. The van der Waals surface area contributed by atoms with Crippen molar-refractivity contribution in [1.29, 1.82) is 0 Å². The lowest BCUT2D eigenvalue weighted by Crippen LogP contribution is -2.34. The van der Waals surface area contributed by atoms with E-state index in [0.29, 0.717) is 0 Å². The lowest BCUT2D eigenvalue weighted by molar-refractivity contribution is 0.142. The molecule has 1 heterocycles. The summed E-state index contributed by atoms with van der Waals surface area (Å²) in [5.41, 5.74) is 9.75. The summed E-state index contributed by atoms with van der Waals surface area (Å²) in [6.07, 6.45) is 5.92. The van der Waals surface area contributed by atoms with Crippen molar-refractivity contribution in [3.8, 4) is 0 Å². The highest BCUT2D eigenvalue weighted by Crippen LogP contribution is 2.48. The van der Waals surface area contributed by atoms with E-state index >= 15 is 0 Å². The van der Waals surface area contributed by atoms with Crippen LogP contribution in [0.4, 0.5) is 5.69 Å². The molecule has 2 bridgehead atoms. The van der Waals surface area contributed by atoms with Gasteiger partial charge < -0.3 is 5.73 Å². The molecule has 1 aromatic rings. The molecule has 0 aromatic heterocycles. The Morgan fingerprint density at radius 2 is 1.94 bits per heavy atom. The summed E-state index contributed by atoms with van der Waals surface area (Å²) in [6, 6.07) is 7.30. The zero-order chi connectivity index (χ0) is 11.4. The van der Waals surface area contributed by atoms with Gasteiger partial charge in [0.1, 0.15) is 0 Å². The quantitative estimate of drug-likeness (QED) is 0.749. The predicted octanol–water partition coefficient (Wildman–Crippen LogP) is 2.77. The van der Waals surface area contributed by atoms with Crippen molar-refractivity contribution < 1.29 is 0 Å². The number of rotatable bonds is 1. The molecule has 2 fully saturated rings. The molecule has 2 nitrogen and oxygen atoms in total. The van der Waals surface area contributed by atoms with Crippen LogP contribution in [0.25, 0.3) is 0 Å². The molecule has 90 valence electrons. The molecule has 2 N–H and O–H groups in total. The Morgan fingerprint density at radius 1 is 1.06 bits per heavy atom. The van der Waals surface area contributed by atoms with E-state index < -0.39 is 0 Å². The summed E-state index contributed by atoms with van der Waals surface area (Å²) in [7, 11) is 0. The molecule has 0 saturated heterocycles. The lowest BCUT2D eigenvalue weighted by Gasteiger charge is -2.31. The van der Waals surface area contributed by atoms with Gasteiger partial charge in [-0.1, -0.05) is 12.5 Å². The summed E-state index contributed by atoms with van der Waals surface area (Å²) in [5.74, 6) is 2.03. The van der Waals surface area contributed by atoms with Crippen LogP contribution in [0.5, 0.6) is 0 Å². The first kappa shape index (κ1) is 9.95. The third kappa shape index (κ3) is 1.50. The second kappa shape index (κ2) is 3.49. The third-order valence-electron chi connectivity index (χ3n) is 5.15. The summed E-state index contributed by atoms with van der Waals surface area (Å²) in [4.78, 5) is 2.70. The second-order valence-electron chi connectivity index (χ2n) is 6.18. The standard InChI is InChI=1S/C15H20N2/c16-14-4-3-12-8-17(9-13(12)7-14)15-6-10-1-2-11(15)5-10/h3-4,7,10-11,15H,1-2,5-6,8-9,16H2. The average molecular weight is 228 g/mol. The van der Waals surface area contributed by atoms with Crippen molar-refractivity contribution in [2.24, 2.45) is 11.8 Å². The molecule has 0 spiro atoms. The molecule has 17 heavy (non-hydrogen) atoms. The van der Waals surface area contributed by atoms with Gasteiger partial charge in [-0.25, -0.2) is 0 Å². The molecule has 2 aliphatic carbocycles. The number of benzene rings is 1. The first-order valence-corrected chi connectivity index (χ1v) is 6.91. The van der Waals surface area contributed by atoms with E-state index in [1.165, 1.54) is 36.8 Å². The van der Waals surface area contributed by atoms with Crippen molar-refractivity contribution in [1.82, 2.24) is 4.90 Å². The topological polar surface area (TPSA) is 29.3 Å². The maximum atomic E-state index is 5.87. The zero-order valence-electron chi connectivity index (χ0n) is 10.2. The van der Waals surface area contributed by atoms with Crippen molar-refractivity contribution >= 4 is 5.69 Å². The number of nitrogens with zero attached hydrogens (tertiary/aromatic N) is 1. The predicted molar refractivity (Wildman–Crippen MR) is 69.3 cm³/mol. The van der Waals surface area contributed by atoms with E-state index in [1.54, 1.807) is 0 Å². The fourth-order valence-electron chi connectivity index (χ4n) is 4.33. The first-order chi connectivity index (χ1) is 8.29. The Bertz CT molecular complexity index is 454. The highest BCUT2D eigenvalue weighted by atomic mass is 15.2. The number of hydrogen-bond donors (Lipinski definition) is 1. The minimum atomic E-state index is 0.863. The van der Waals surface area contributed by atoms with Crippen LogP contribution in [0, 0.1) is 11.8 Å². The van der Waals surface area contributed by atoms with Gasteiger partial charge in [0.2, 0.25) is 0 Å². The molecule has 2 heteroatoms. The van der Waals surface area contributed by atoms with Gasteiger partial charge in [-0.2, -0.15) is 0 Å². The summed E-state index contributed by atoms with van der Waals surface area (Å²) < 4.78 is 0. The number of nitrogen functional groups attached to an aromatic ring is 1. The Morgan fingerprint density at radius 3 is 2.71 bits per heavy atom. The van der Waals surface area contributed by atoms with E-state index in [1.807, 2.05) is 6.07 Å². The van der Waals surface area contributed by atoms with Crippen molar-refractivity contribution in [2.75, 3.05) is 5.73 Å². The summed E-state index contributed by atoms with van der Waals surface area (Å²) in [6.45, 7) is 2.29. The Labute approximate surface area is 103 Å². The fourth-order valence-corrected chi connectivity index (χ4v) is 4.33. The maximum absolute atomic E-state index is 5.87. The SMILES string of the molecule is Nc1ccc2c(c1)CN(C1CC3CCC1C3)C2. The van der Waals surface area contributed by atoms with Crippen LogP contribution in [-0.4, -0.2) is 10.9 Å². The minimum absolute atomic E-state index is 0.863. The smallest absolute Gasteiger partial charge is 0.0317 e. The van der Waals surface area contributed by atoms with Crippen LogP contribution in [0.3, 0.4) is 0 Å². The second-order valence-corrected chi connectivity index (χ2v) is 6.18. The summed E-state index contributed by atoms with van der Waals surface area (Å²) in [5, 5.41) is 0. The number of nitrogens with two attached hydrogens (primary N) is 1. The molecule has 0 radical (unpaired) electrons. The zero-order valence-corrected chi connectivity index (χ0v) is 10.2. The largest absolute Gasteiger partial charge is 0.399 e. The summed E-state index contributed by atoms with van der Waals surface area (Å²) >= 11 is 0. The van der Waals surface area contributed by atoms with Gasteiger partial charge in [-0.3, -0.25) is 4.90 Å². The molecule has 3 unspecified atom stereocenters. The van der Waals surface area contributed by atoms with Gasteiger partial charge >= 0.3 is 0 Å². The Kier molecular flexibility index (Phi) is 2.04. The highest BCUT2D eigenvalue weighted by molar-refractivity contribution is 5.46. The molecule has 2 saturated carbocycles. The van der Waals surface area contributed by atoms with Gasteiger partial charge in [-0.15, -0.1) is 0 Å². The van der Waals surface area contributed by atoms with Crippen LogP contribution in [0.2, 0.25) is 0 Å². The maximum Gasteiger partial charge on any atom is 0.0317 e. The highest BCUT2D eigenvalue weighted by Gasteiger charge is 2.43. The van der Waals surface area contributed by atoms with Gasteiger partial charge in [0.25, 0.3) is 0 Å². The molecular formula is C15H20N2. The van der Waals surface area contributed by atoms with Gasteiger partial charge in [0.05, 0.1) is 0 Å². The van der Waals surface area contributed by atoms with Crippen molar-refractivity contribution in [2.45, 2.75) is 44.8 Å². The van der Waals surface area contributed by atoms with Crippen LogP contribution in [0.15, 0.2) is 18.2 Å². The molecule has 1 aliphatic heterocycles. The molecule has 1 aromatic carbocycles. The Balaban J connectivity index is 1.56. The van der Waals surface area contributed by atoms with E-state index in [0.717, 1.165) is 36.7 Å². The van der Waals surface area contributed by atoms with Crippen LogP contribution in [-0.2, 0) is 13.1 Å². The molecule has 3 atom stereocenters. The fraction of sp³-hybridized carbons (Fsp3) is 0.600. The van der Waals surface area contributed by atoms with Gasteiger partial charge in [0.15, 0.2) is 0 Å². The van der Waals surface area contributed by atoms with E-state index in [9.17, 15) is 0 Å². The van der Waals surface area contributed by atoms with Gasteiger partial charge in [-0.05, 0) is 54.4 Å². The third-order valence-corrected chi connectivity index (χ3v) is 5.15. The van der Waals surface area contributed by atoms with Crippen LogP contribution < -0.4 is 5.73 Å². The minimum Gasteiger partial charge on any atom is -0.399 e. The average Bonchev–Trinajstić information content (AvgIpc) is 3.01. The first-order valence-electron chi connectivity index (χ1n) is 6.91. The van der Waals surface area contributed by atoms with Crippen LogP contribution in [0.1, 0.15) is 36.8 Å². The Hall–Kier alpha value is -1.02. The van der Waals surface area contributed by atoms with E-state index in [4.69, 9.17) is 5.73 Å². The normalized spacial score (nSPS) is 35.4. The monoisotopic (exact) mass is 228 g/mol. The number of fused-ring (bicyclic) bond motifs is 3. The van der Waals surface area contributed by atoms with Gasteiger partial charge in [0, 0.05) is 24.8 Å². The van der Waals surface area contributed by atoms with Crippen LogP contribution >= 0.6 is 0 Å². The van der Waals surface area contributed by atoms with Crippen molar-refractivity contribution in [3.05, 3.63) is 29.3 Å². The molecular weight excluding hydrogens is 208 g/mol. The lowest BCUT2D eigenvalue weighted by atomic mass is 9.94. The number of anilines is 1. The molecule has 4 rings (SSSR count).